The van der Waals surface area contributed by atoms with Gasteiger partial charge in [0.25, 0.3) is 0 Å². The van der Waals surface area contributed by atoms with Crippen LogP contribution in [0.2, 0.25) is 0 Å². The quantitative estimate of drug-likeness (QED) is 0.849. The molecular weight excluding hydrogens is 238 g/mol. The fourth-order valence-corrected chi connectivity index (χ4v) is 3.86. The highest BCUT2D eigenvalue weighted by molar-refractivity contribution is 5.59. The molecule has 0 radical (unpaired) electrons. The zero-order valence-electron chi connectivity index (χ0n) is 11.8. The lowest BCUT2D eigenvalue weighted by molar-refractivity contribution is 0.126. The average molecular weight is 261 g/mol. The van der Waals surface area contributed by atoms with Gasteiger partial charge in [-0.15, -0.1) is 0 Å². The van der Waals surface area contributed by atoms with Gasteiger partial charge in [-0.1, -0.05) is 0 Å². The minimum atomic E-state index is -0.126. The summed E-state index contributed by atoms with van der Waals surface area (Å²) in [6, 6.07) is 3.11. The van der Waals surface area contributed by atoms with Gasteiger partial charge in [0.1, 0.15) is 0 Å². The molecule has 104 valence electrons. The van der Waals surface area contributed by atoms with Crippen molar-refractivity contribution < 1.29 is 5.11 Å². The second-order valence-corrected chi connectivity index (χ2v) is 5.97. The normalized spacial score (nSPS) is 29.9. The largest absolute Gasteiger partial charge is 0.393 e. The third-order valence-electron chi connectivity index (χ3n) is 4.63. The minimum absolute atomic E-state index is 0.126. The zero-order chi connectivity index (χ0) is 13.6. The highest BCUT2D eigenvalue weighted by atomic mass is 16.3. The Bertz CT molecular complexity index is 475. The predicted molar refractivity (Wildman–Crippen MR) is 76.1 cm³/mol. The van der Waals surface area contributed by atoms with Gasteiger partial charge < -0.3 is 15.7 Å². The number of nitrogens with two attached hydrogens (primary N) is 1. The molecular formula is C15H23N3O. The van der Waals surface area contributed by atoms with Gasteiger partial charge in [0.2, 0.25) is 0 Å². The van der Waals surface area contributed by atoms with Crippen LogP contribution < -0.4 is 10.6 Å². The molecule has 2 aliphatic rings. The molecule has 0 spiro atoms. The SMILES string of the molecule is Cc1cc(N2C3CCC2CC(O)C3)c(CN)c(C)n1. The van der Waals surface area contributed by atoms with Crippen LogP contribution in [0, 0.1) is 13.8 Å². The number of hydrogen-bond acceptors (Lipinski definition) is 4. The molecule has 2 atom stereocenters. The molecule has 1 aromatic rings. The third kappa shape index (κ3) is 2.13. The van der Waals surface area contributed by atoms with E-state index in [1.54, 1.807) is 0 Å². The Labute approximate surface area is 114 Å². The summed E-state index contributed by atoms with van der Waals surface area (Å²) < 4.78 is 0. The van der Waals surface area contributed by atoms with Crippen LogP contribution in [-0.2, 0) is 6.54 Å². The van der Waals surface area contributed by atoms with Crippen molar-refractivity contribution in [3.05, 3.63) is 23.0 Å². The van der Waals surface area contributed by atoms with Crippen molar-refractivity contribution in [2.75, 3.05) is 4.90 Å². The van der Waals surface area contributed by atoms with Gasteiger partial charge >= 0.3 is 0 Å². The second kappa shape index (κ2) is 4.76. The molecule has 0 aliphatic carbocycles. The molecule has 2 fully saturated rings. The van der Waals surface area contributed by atoms with E-state index >= 15 is 0 Å². The summed E-state index contributed by atoms with van der Waals surface area (Å²) in [4.78, 5) is 7.04. The van der Waals surface area contributed by atoms with Gasteiger partial charge in [0, 0.05) is 41.3 Å². The van der Waals surface area contributed by atoms with E-state index in [9.17, 15) is 5.11 Å². The van der Waals surface area contributed by atoms with E-state index in [1.807, 2.05) is 13.8 Å². The van der Waals surface area contributed by atoms with Gasteiger partial charge in [-0.05, 0) is 45.6 Å². The topological polar surface area (TPSA) is 62.4 Å². The highest BCUT2D eigenvalue weighted by Gasteiger charge is 2.41. The molecule has 0 amide bonds. The van der Waals surface area contributed by atoms with Crippen LogP contribution in [0.5, 0.6) is 0 Å². The van der Waals surface area contributed by atoms with Crippen molar-refractivity contribution >= 4 is 5.69 Å². The molecule has 2 saturated heterocycles. The smallest absolute Gasteiger partial charge is 0.0579 e. The van der Waals surface area contributed by atoms with Gasteiger partial charge in [-0.2, -0.15) is 0 Å². The monoisotopic (exact) mass is 261 g/mol. The van der Waals surface area contributed by atoms with Crippen molar-refractivity contribution in [2.24, 2.45) is 5.73 Å². The highest BCUT2D eigenvalue weighted by Crippen LogP contribution is 2.41. The number of pyridine rings is 1. The first kappa shape index (κ1) is 12.9. The van der Waals surface area contributed by atoms with Crippen molar-refractivity contribution in [2.45, 2.75) is 64.3 Å². The van der Waals surface area contributed by atoms with Crippen LogP contribution in [0.4, 0.5) is 5.69 Å². The van der Waals surface area contributed by atoms with Crippen molar-refractivity contribution in [3.63, 3.8) is 0 Å². The standard InChI is InChI=1S/C15H23N3O/c1-9-5-15(14(8-16)10(2)17-9)18-11-3-4-12(18)7-13(19)6-11/h5,11-13,19H,3-4,6-8,16H2,1-2H3. The first-order chi connectivity index (χ1) is 9.10. The number of nitrogens with zero attached hydrogens (tertiary/aromatic N) is 2. The third-order valence-corrected chi connectivity index (χ3v) is 4.63. The summed E-state index contributed by atoms with van der Waals surface area (Å²) in [6.45, 7) is 4.61. The van der Waals surface area contributed by atoms with Gasteiger partial charge in [-0.25, -0.2) is 0 Å². The number of aliphatic hydroxyl groups is 1. The number of aromatic nitrogens is 1. The summed E-state index contributed by atoms with van der Waals surface area (Å²) in [6.07, 6.45) is 4.03. The second-order valence-electron chi connectivity index (χ2n) is 5.97. The van der Waals surface area contributed by atoms with E-state index in [4.69, 9.17) is 5.73 Å². The van der Waals surface area contributed by atoms with Crippen molar-refractivity contribution in [1.29, 1.82) is 0 Å². The Kier molecular flexibility index (Phi) is 3.23. The van der Waals surface area contributed by atoms with Crippen LogP contribution >= 0.6 is 0 Å². The maximum atomic E-state index is 9.93. The van der Waals surface area contributed by atoms with Gasteiger partial charge in [-0.3, -0.25) is 4.98 Å². The first-order valence-electron chi connectivity index (χ1n) is 7.23. The minimum Gasteiger partial charge on any atom is -0.393 e. The summed E-state index contributed by atoms with van der Waals surface area (Å²) in [7, 11) is 0. The van der Waals surface area contributed by atoms with E-state index in [0.717, 1.165) is 24.2 Å². The number of piperidine rings is 1. The van der Waals surface area contributed by atoms with Crippen LogP contribution in [0.15, 0.2) is 6.07 Å². The molecule has 2 bridgehead atoms. The molecule has 19 heavy (non-hydrogen) atoms. The lowest BCUT2D eigenvalue weighted by atomic mass is 9.97. The average Bonchev–Trinajstić information content (AvgIpc) is 2.60. The molecule has 3 rings (SSSR count). The molecule has 3 N–H and O–H groups in total. The Morgan fingerprint density at radius 3 is 2.53 bits per heavy atom. The number of hydrogen-bond donors (Lipinski definition) is 2. The van der Waals surface area contributed by atoms with E-state index in [1.165, 1.54) is 24.1 Å². The Hall–Kier alpha value is -1.13. The predicted octanol–water partition coefficient (Wildman–Crippen LogP) is 1.65. The van der Waals surface area contributed by atoms with E-state index in [2.05, 4.69) is 16.0 Å². The van der Waals surface area contributed by atoms with Crippen LogP contribution in [0.3, 0.4) is 0 Å². The van der Waals surface area contributed by atoms with Gasteiger partial charge in [0.15, 0.2) is 0 Å². The number of aliphatic hydroxyl groups excluding tert-OH is 1. The number of aryl methyl sites for hydroxylation is 2. The number of anilines is 1. The zero-order valence-corrected chi connectivity index (χ0v) is 11.8. The molecule has 2 unspecified atom stereocenters. The Balaban J connectivity index is 2.03. The van der Waals surface area contributed by atoms with Gasteiger partial charge in [0.05, 0.1) is 6.10 Å². The maximum absolute atomic E-state index is 9.93. The molecule has 4 heteroatoms. The molecule has 0 aromatic carbocycles. The lowest BCUT2D eigenvalue weighted by Gasteiger charge is -2.40. The lowest BCUT2D eigenvalue weighted by Crippen LogP contribution is -2.45. The molecule has 4 nitrogen and oxygen atoms in total. The van der Waals surface area contributed by atoms with Crippen LogP contribution in [-0.4, -0.2) is 28.3 Å². The fraction of sp³-hybridized carbons (Fsp3) is 0.667. The molecule has 0 saturated carbocycles. The molecule has 1 aromatic heterocycles. The summed E-state index contributed by atoms with van der Waals surface area (Å²) in [5.41, 5.74) is 10.4. The Morgan fingerprint density at radius 1 is 1.32 bits per heavy atom. The molecule has 3 heterocycles. The summed E-state index contributed by atoms with van der Waals surface area (Å²) >= 11 is 0. The fourth-order valence-electron chi connectivity index (χ4n) is 3.86. The van der Waals surface area contributed by atoms with Crippen LogP contribution in [0.25, 0.3) is 0 Å². The van der Waals surface area contributed by atoms with E-state index in [0.29, 0.717) is 18.6 Å². The summed E-state index contributed by atoms with van der Waals surface area (Å²) in [5, 5.41) is 9.93. The van der Waals surface area contributed by atoms with Crippen LogP contribution in [0.1, 0.15) is 42.6 Å². The maximum Gasteiger partial charge on any atom is 0.0579 e. The van der Waals surface area contributed by atoms with Crippen molar-refractivity contribution in [1.82, 2.24) is 4.98 Å². The summed E-state index contributed by atoms with van der Waals surface area (Å²) in [5.74, 6) is 0. The first-order valence-corrected chi connectivity index (χ1v) is 7.23. The molecule has 2 aliphatic heterocycles. The van der Waals surface area contributed by atoms with Crippen molar-refractivity contribution in [3.8, 4) is 0 Å². The number of fused-ring (bicyclic) bond motifs is 2. The van der Waals surface area contributed by atoms with E-state index < -0.39 is 0 Å². The number of rotatable bonds is 2. The Morgan fingerprint density at radius 2 is 1.95 bits per heavy atom. The van der Waals surface area contributed by atoms with E-state index in [-0.39, 0.29) is 6.10 Å².